The molecule has 2 aliphatic rings. The Morgan fingerprint density at radius 2 is 2.11 bits per heavy atom. The molecule has 104 valence electrons. The minimum Gasteiger partial charge on any atom is -0.381 e. The van der Waals surface area contributed by atoms with E-state index in [-0.39, 0.29) is 0 Å². The topological polar surface area (TPSA) is 63.4 Å². The lowest BCUT2D eigenvalue weighted by Gasteiger charge is -2.27. The molecule has 0 aromatic carbocycles. The Labute approximate surface area is 114 Å². The summed E-state index contributed by atoms with van der Waals surface area (Å²) < 4.78 is 5.35. The summed E-state index contributed by atoms with van der Waals surface area (Å²) in [5, 5.41) is 3.52. The van der Waals surface area contributed by atoms with Crippen LogP contribution in [0.1, 0.15) is 19.3 Å². The normalized spacial score (nSPS) is 27.5. The van der Waals surface area contributed by atoms with Crippen molar-refractivity contribution in [1.29, 1.82) is 0 Å². The van der Waals surface area contributed by atoms with Crippen LogP contribution in [0.25, 0.3) is 0 Å². The first kappa shape index (κ1) is 12.7. The molecule has 2 fully saturated rings. The van der Waals surface area contributed by atoms with Crippen molar-refractivity contribution in [2.75, 3.05) is 36.5 Å². The summed E-state index contributed by atoms with van der Waals surface area (Å²) in [5.74, 6) is 1.04. The van der Waals surface area contributed by atoms with E-state index in [2.05, 4.69) is 27.3 Å². The molecule has 2 unspecified atom stereocenters. The van der Waals surface area contributed by atoms with Crippen molar-refractivity contribution in [2.24, 2.45) is 5.73 Å². The molecule has 1 aromatic rings. The predicted molar refractivity (Wildman–Crippen MR) is 76.5 cm³/mol. The highest BCUT2D eigenvalue weighted by Gasteiger charge is 2.21. The first-order chi connectivity index (χ1) is 9.31. The maximum absolute atomic E-state index is 5.93. The van der Waals surface area contributed by atoms with Crippen molar-refractivity contribution in [3.8, 4) is 0 Å². The number of morpholine rings is 1. The van der Waals surface area contributed by atoms with E-state index in [9.17, 15) is 0 Å². The lowest BCUT2D eigenvalue weighted by atomic mass is 10.2. The molecular formula is C14H22N4O. The molecule has 5 nitrogen and oxygen atoms in total. The largest absolute Gasteiger partial charge is 0.381 e. The average Bonchev–Trinajstić information content (AvgIpc) is 2.86. The first-order valence-corrected chi connectivity index (χ1v) is 7.12. The molecule has 1 aliphatic carbocycles. The summed E-state index contributed by atoms with van der Waals surface area (Å²) in [6.45, 7) is 3.44. The maximum Gasteiger partial charge on any atom is 0.128 e. The number of nitrogens with zero attached hydrogens (tertiary/aromatic N) is 2. The van der Waals surface area contributed by atoms with Crippen LogP contribution in [0, 0.1) is 0 Å². The van der Waals surface area contributed by atoms with Crippen LogP contribution in [0.3, 0.4) is 0 Å². The maximum atomic E-state index is 5.93. The van der Waals surface area contributed by atoms with E-state index in [4.69, 9.17) is 10.5 Å². The third-order valence-corrected chi connectivity index (χ3v) is 3.93. The molecule has 1 aliphatic heterocycles. The van der Waals surface area contributed by atoms with Gasteiger partial charge in [0.1, 0.15) is 5.82 Å². The third-order valence-electron chi connectivity index (χ3n) is 3.93. The van der Waals surface area contributed by atoms with Gasteiger partial charge in [0.05, 0.1) is 25.1 Å². The van der Waals surface area contributed by atoms with E-state index < -0.39 is 0 Å². The Morgan fingerprint density at radius 1 is 1.26 bits per heavy atom. The number of anilines is 2. The smallest absolute Gasteiger partial charge is 0.128 e. The Balaban J connectivity index is 1.59. The zero-order valence-electron chi connectivity index (χ0n) is 11.2. The predicted octanol–water partition coefficient (Wildman–Crippen LogP) is 1.21. The fourth-order valence-corrected chi connectivity index (χ4v) is 2.83. The number of ether oxygens (including phenoxy) is 1. The fraction of sp³-hybridized carbons (Fsp3) is 0.643. The van der Waals surface area contributed by atoms with E-state index in [1.54, 1.807) is 0 Å². The SMILES string of the molecule is NC1CCC(Nc2ccc(N3CCOCC3)nc2)C1. The van der Waals surface area contributed by atoms with Gasteiger partial charge >= 0.3 is 0 Å². The van der Waals surface area contributed by atoms with Gasteiger partial charge in [-0.3, -0.25) is 0 Å². The number of hydrogen-bond donors (Lipinski definition) is 2. The second-order valence-corrected chi connectivity index (χ2v) is 5.42. The van der Waals surface area contributed by atoms with Gasteiger partial charge in [0.2, 0.25) is 0 Å². The lowest BCUT2D eigenvalue weighted by molar-refractivity contribution is 0.122. The van der Waals surface area contributed by atoms with E-state index >= 15 is 0 Å². The summed E-state index contributed by atoms with van der Waals surface area (Å²) >= 11 is 0. The molecule has 2 atom stereocenters. The van der Waals surface area contributed by atoms with Gasteiger partial charge in [-0.1, -0.05) is 0 Å². The average molecular weight is 262 g/mol. The molecule has 0 amide bonds. The Kier molecular flexibility index (Phi) is 3.84. The molecule has 5 heteroatoms. The number of nitrogens with two attached hydrogens (primary N) is 1. The van der Waals surface area contributed by atoms with Crippen molar-refractivity contribution in [3.05, 3.63) is 18.3 Å². The molecule has 2 heterocycles. The van der Waals surface area contributed by atoms with Crippen molar-refractivity contribution < 1.29 is 4.74 Å². The van der Waals surface area contributed by atoms with Crippen molar-refractivity contribution in [3.63, 3.8) is 0 Å². The van der Waals surface area contributed by atoms with Crippen LogP contribution in [-0.4, -0.2) is 43.4 Å². The second-order valence-electron chi connectivity index (χ2n) is 5.42. The molecular weight excluding hydrogens is 240 g/mol. The van der Waals surface area contributed by atoms with E-state index in [1.807, 2.05) is 6.20 Å². The zero-order chi connectivity index (χ0) is 13.1. The van der Waals surface area contributed by atoms with Gasteiger partial charge in [-0.25, -0.2) is 4.98 Å². The number of nitrogens with one attached hydrogen (secondary N) is 1. The van der Waals surface area contributed by atoms with Gasteiger partial charge in [0, 0.05) is 25.2 Å². The van der Waals surface area contributed by atoms with Crippen molar-refractivity contribution in [1.82, 2.24) is 4.98 Å². The summed E-state index contributed by atoms with van der Waals surface area (Å²) in [6, 6.07) is 5.06. The summed E-state index contributed by atoms with van der Waals surface area (Å²) in [5.41, 5.74) is 7.02. The quantitative estimate of drug-likeness (QED) is 0.857. The van der Waals surface area contributed by atoms with E-state index in [0.717, 1.165) is 57.1 Å². The minimum atomic E-state index is 0.359. The van der Waals surface area contributed by atoms with Crippen LogP contribution in [0.4, 0.5) is 11.5 Å². The summed E-state index contributed by atoms with van der Waals surface area (Å²) in [7, 11) is 0. The molecule has 1 saturated heterocycles. The molecule has 3 rings (SSSR count). The minimum absolute atomic E-state index is 0.359. The van der Waals surface area contributed by atoms with Gasteiger partial charge in [0.25, 0.3) is 0 Å². The van der Waals surface area contributed by atoms with Crippen LogP contribution in [0.15, 0.2) is 18.3 Å². The molecule has 0 bridgehead atoms. The molecule has 19 heavy (non-hydrogen) atoms. The Morgan fingerprint density at radius 3 is 2.74 bits per heavy atom. The van der Waals surface area contributed by atoms with Crippen LogP contribution >= 0.6 is 0 Å². The van der Waals surface area contributed by atoms with Gasteiger partial charge < -0.3 is 20.7 Å². The van der Waals surface area contributed by atoms with E-state index in [0.29, 0.717) is 12.1 Å². The highest BCUT2D eigenvalue weighted by molar-refractivity contribution is 5.49. The number of hydrogen-bond acceptors (Lipinski definition) is 5. The molecule has 1 aromatic heterocycles. The molecule has 1 saturated carbocycles. The standard InChI is InChI=1S/C14H22N4O/c15-11-1-2-12(9-11)17-13-3-4-14(16-10-13)18-5-7-19-8-6-18/h3-4,10-12,17H,1-2,5-9,15H2. The third kappa shape index (κ3) is 3.16. The fourth-order valence-electron chi connectivity index (χ4n) is 2.83. The highest BCUT2D eigenvalue weighted by Crippen LogP contribution is 2.22. The summed E-state index contributed by atoms with van der Waals surface area (Å²) in [6.07, 6.45) is 5.27. The van der Waals surface area contributed by atoms with Gasteiger partial charge in [-0.2, -0.15) is 0 Å². The van der Waals surface area contributed by atoms with Crippen molar-refractivity contribution >= 4 is 11.5 Å². The van der Waals surface area contributed by atoms with E-state index in [1.165, 1.54) is 0 Å². The zero-order valence-corrected chi connectivity index (χ0v) is 11.2. The van der Waals surface area contributed by atoms with Crippen molar-refractivity contribution in [2.45, 2.75) is 31.3 Å². The molecule has 3 N–H and O–H groups in total. The number of rotatable bonds is 3. The Hall–Kier alpha value is -1.33. The van der Waals surface area contributed by atoms with Gasteiger partial charge in [0.15, 0.2) is 0 Å². The van der Waals surface area contributed by atoms with Gasteiger partial charge in [-0.15, -0.1) is 0 Å². The summed E-state index contributed by atoms with van der Waals surface area (Å²) in [4.78, 5) is 6.80. The molecule has 0 radical (unpaired) electrons. The molecule has 0 spiro atoms. The number of aromatic nitrogens is 1. The highest BCUT2D eigenvalue weighted by atomic mass is 16.5. The Bertz CT molecular complexity index is 402. The second kappa shape index (κ2) is 5.75. The van der Waals surface area contributed by atoms with Crippen LogP contribution in [0.2, 0.25) is 0 Å². The number of pyridine rings is 1. The van der Waals surface area contributed by atoms with Crippen LogP contribution in [0.5, 0.6) is 0 Å². The lowest BCUT2D eigenvalue weighted by Crippen LogP contribution is -2.36. The van der Waals surface area contributed by atoms with Gasteiger partial charge in [-0.05, 0) is 31.4 Å². The van der Waals surface area contributed by atoms with Crippen LogP contribution < -0.4 is 16.0 Å². The van der Waals surface area contributed by atoms with Crippen LogP contribution in [-0.2, 0) is 4.74 Å². The monoisotopic (exact) mass is 262 g/mol. The first-order valence-electron chi connectivity index (χ1n) is 7.12.